The lowest BCUT2D eigenvalue weighted by molar-refractivity contribution is -0.122. The van der Waals surface area contributed by atoms with Crippen molar-refractivity contribution in [1.82, 2.24) is 5.32 Å². The van der Waals surface area contributed by atoms with Crippen LogP contribution >= 0.6 is 11.8 Å². The normalized spacial score (nSPS) is 13.3. The quantitative estimate of drug-likeness (QED) is 0.687. The minimum Gasteiger partial charge on any atom is -0.493 e. The molecule has 0 aliphatic heterocycles. The van der Waals surface area contributed by atoms with Crippen LogP contribution in [0.4, 0.5) is 0 Å². The monoisotopic (exact) mass is 326 g/mol. The molecule has 0 saturated heterocycles. The Bertz CT molecular complexity index is 457. The van der Waals surface area contributed by atoms with Gasteiger partial charge in [0.25, 0.3) is 0 Å². The van der Waals surface area contributed by atoms with E-state index < -0.39 is 6.04 Å². The molecule has 1 aromatic carbocycles. The molecule has 0 aliphatic rings. The maximum atomic E-state index is 11.8. The van der Waals surface area contributed by atoms with Crippen molar-refractivity contribution in [2.45, 2.75) is 19.4 Å². The summed E-state index contributed by atoms with van der Waals surface area (Å²) in [7, 11) is 1.61. The van der Waals surface area contributed by atoms with Crippen molar-refractivity contribution >= 4 is 17.7 Å². The fourth-order valence-electron chi connectivity index (χ4n) is 1.81. The standard InChI is InChI=1S/C16H26N2O3S/c1-12(10-18-16(19)13(17)8-9-22-3)11-21-15-7-5-4-6-14(15)20-2/h4-7,12-13H,8-11,17H2,1-3H3,(H,18,19). The molecule has 1 rings (SSSR count). The first kappa shape index (κ1) is 18.6. The fraction of sp³-hybridized carbons (Fsp3) is 0.562. The number of hydrogen-bond donors (Lipinski definition) is 2. The van der Waals surface area contributed by atoms with Gasteiger partial charge in [-0.25, -0.2) is 0 Å². The van der Waals surface area contributed by atoms with Crippen molar-refractivity contribution in [2.75, 3.05) is 32.3 Å². The van der Waals surface area contributed by atoms with Crippen LogP contribution in [-0.4, -0.2) is 44.2 Å². The predicted molar refractivity (Wildman–Crippen MR) is 91.6 cm³/mol. The van der Waals surface area contributed by atoms with Crippen molar-refractivity contribution in [2.24, 2.45) is 11.7 Å². The number of thioether (sulfide) groups is 1. The van der Waals surface area contributed by atoms with Gasteiger partial charge < -0.3 is 20.5 Å². The molecule has 0 spiro atoms. The van der Waals surface area contributed by atoms with E-state index in [1.165, 1.54) is 0 Å². The van der Waals surface area contributed by atoms with Gasteiger partial charge in [0.15, 0.2) is 11.5 Å². The number of nitrogens with two attached hydrogens (primary N) is 1. The van der Waals surface area contributed by atoms with E-state index in [1.54, 1.807) is 18.9 Å². The van der Waals surface area contributed by atoms with Gasteiger partial charge in [0.05, 0.1) is 19.8 Å². The minimum atomic E-state index is -0.435. The van der Waals surface area contributed by atoms with Crippen LogP contribution in [0.3, 0.4) is 0 Å². The number of rotatable bonds is 10. The van der Waals surface area contributed by atoms with Gasteiger partial charge in [0.2, 0.25) is 5.91 Å². The summed E-state index contributed by atoms with van der Waals surface area (Å²) in [6.07, 6.45) is 2.70. The van der Waals surface area contributed by atoms with Crippen molar-refractivity contribution in [3.63, 3.8) is 0 Å². The summed E-state index contributed by atoms with van der Waals surface area (Å²) >= 11 is 1.69. The van der Waals surface area contributed by atoms with Crippen LogP contribution in [0, 0.1) is 5.92 Å². The number of nitrogens with one attached hydrogen (secondary N) is 1. The number of para-hydroxylation sites is 2. The van der Waals surface area contributed by atoms with Crippen LogP contribution in [0.5, 0.6) is 11.5 Å². The fourth-order valence-corrected chi connectivity index (χ4v) is 2.30. The first-order chi connectivity index (χ1) is 10.6. The van der Waals surface area contributed by atoms with Gasteiger partial charge in [0, 0.05) is 12.5 Å². The highest BCUT2D eigenvalue weighted by molar-refractivity contribution is 7.98. The third kappa shape index (κ3) is 6.58. The average Bonchev–Trinajstić information content (AvgIpc) is 2.55. The molecule has 2 unspecified atom stereocenters. The number of methoxy groups -OCH3 is 1. The molecule has 0 bridgehead atoms. The van der Waals surface area contributed by atoms with Gasteiger partial charge in [-0.1, -0.05) is 19.1 Å². The Morgan fingerprint density at radius 2 is 2.05 bits per heavy atom. The zero-order valence-corrected chi connectivity index (χ0v) is 14.3. The highest BCUT2D eigenvalue weighted by Gasteiger charge is 2.14. The molecular formula is C16H26N2O3S. The summed E-state index contributed by atoms with van der Waals surface area (Å²) in [5, 5.41) is 2.87. The number of carbonyl (C=O) groups excluding carboxylic acids is 1. The van der Waals surface area contributed by atoms with E-state index in [-0.39, 0.29) is 11.8 Å². The summed E-state index contributed by atoms with van der Waals surface area (Å²) in [6.45, 7) is 3.06. The van der Waals surface area contributed by atoms with Gasteiger partial charge >= 0.3 is 0 Å². The summed E-state index contributed by atoms with van der Waals surface area (Å²) in [6, 6.07) is 7.07. The molecule has 3 N–H and O–H groups in total. The van der Waals surface area contributed by atoms with Crippen molar-refractivity contribution < 1.29 is 14.3 Å². The van der Waals surface area contributed by atoms with Crippen LogP contribution < -0.4 is 20.5 Å². The van der Waals surface area contributed by atoms with Crippen molar-refractivity contribution in [1.29, 1.82) is 0 Å². The maximum Gasteiger partial charge on any atom is 0.236 e. The van der Waals surface area contributed by atoms with Crippen LogP contribution in [-0.2, 0) is 4.79 Å². The zero-order valence-electron chi connectivity index (χ0n) is 13.5. The lowest BCUT2D eigenvalue weighted by Gasteiger charge is -2.17. The molecular weight excluding hydrogens is 300 g/mol. The molecule has 0 aromatic heterocycles. The first-order valence-electron chi connectivity index (χ1n) is 7.36. The second kappa shape index (κ2) is 10.3. The van der Waals surface area contributed by atoms with Crippen LogP contribution in [0.25, 0.3) is 0 Å². The Balaban J connectivity index is 2.31. The topological polar surface area (TPSA) is 73.6 Å². The minimum absolute atomic E-state index is 0.0989. The molecule has 5 nitrogen and oxygen atoms in total. The Labute approximate surface area is 136 Å². The molecule has 6 heteroatoms. The smallest absolute Gasteiger partial charge is 0.236 e. The second-order valence-corrected chi connectivity index (χ2v) is 6.19. The van der Waals surface area contributed by atoms with E-state index in [0.29, 0.717) is 31.1 Å². The van der Waals surface area contributed by atoms with Gasteiger partial charge in [-0.2, -0.15) is 11.8 Å². The highest BCUT2D eigenvalue weighted by Crippen LogP contribution is 2.26. The third-order valence-electron chi connectivity index (χ3n) is 3.19. The molecule has 0 saturated carbocycles. The van der Waals surface area contributed by atoms with Crippen molar-refractivity contribution in [3.05, 3.63) is 24.3 Å². The summed E-state index contributed by atoms with van der Waals surface area (Å²) < 4.78 is 11.0. The molecule has 1 amide bonds. The highest BCUT2D eigenvalue weighted by atomic mass is 32.2. The number of benzene rings is 1. The Hall–Kier alpha value is -1.40. The maximum absolute atomic E-state index is 11.8. The predicted octanol–water partition coefficient (Wildman–Crippen LogP) is 1.91. The zero-order chi connectivity index (χ0) is 16.4. The van der Waals surface area contributed by atoms with E-state index in [0.717, 1.165) is 5.75 Å². The summed E-state index contributed by atoms with van der Waals surface area (Å²) in [5.74, 6) is 2.39. The van der Waals surface area contributed by atoms with Gasteiger partial charge in [0.1, 0.15) is 0 Å². The van der Waals surface area contributed by atoms with E-state index in [2.05, 4.69) is 5.32 Å². The molecule has 124 valence electrons. The largest absolute Gasteiger partial charge is 0.493 e. The SMILES string of the molecule is COc1ccccc1OCC(C)CNC(=O)C(N)CCSC. The lowest BCUT2D eigenvalue weighted by atomic mass is 10.1. The molecule has 2 atom stereocenters. The number of ether oxygens (including phenoxy) is 2. The summed E-state index contributed by atoms with van der Waals surface area (Å²) in [5.41, 5.74) is 5.82. The molecule has 0 fully saturated rings. The van der Waals surface area contributed by atoms with E-state index >= 15 is 0 Å². The number of carbonyl (C=O) groups is 1. The molecule has 1 aromatic rings. The number of hydrogen-bond acceptors (Lipinski definition) is 5. The van der Waals surface area contributed by atoms with E-state index in [9.17, 15) is 4.79 Å². The van der Waals surface area contributed by atoms with Gasteiger partial charge in [-0.05, 0) is 30.6 Å². The van der Waals surface area contributed by atoms with Gasteiger partial charge in [-0.15, -0.1) is 0 Å². The number of amides is 1. The van der Waals surface area contributed by atoms with Gasteiger partial charge in [-0.3, -0.25) is 4.79 Å². The third-order valence-corrected chi connectivity index (χ3v) is 3.83. The first-order valence-corrected chi connectivity index (χ1v) is 8.76. The van der Waals surface area contributed by atoms with Crippen LogP contribution in [0.15, 0.2) is 24.3 Å². The van der Waals surface area contributed by atoms with E-state index in [1.807, 2.05) is 37.4 Å². The summed E-state index contributed by atoms with van der Waals surface area (Å²) in [4.78, 5) is 11.8. The lowest BCUT2D eigenvalue weighted by Crippen LogP contribution is -2.43. The molecule has 0 radical (unpaired) electrons. The second-order valence-electron chi connectivity index (χ2n) is 5.20. The Kier molecular flexibility index (Phi) is 8.77. The molecule has 0 aliphatic carbocycles. The van der Waals surface area contributed by atoms with Crippen molar-refractivity contribution in [3.8, 4) is 11.5 Å². The Morgan fingerprint density at radius 1 is 1.36 bits per heavy atom. The average molecular weight is 326 g/mol. The molecule has 0 heterocycles. The van der Waals surface area contributed by atoms with Crippen LogP contribution in [0.1, 0.15) is 13.3 Å². The van der Waals surface area contributed by atoms with Crippen LogP contribution in [0.2, 0.25) is 0 Å². The Morgan fingerprint density at radius 3 is 2.68 bits per heavy atom. The van der Waals surface area contributed by atoms with E-state index in [4.69, 9.17) is 15.2 Å². The molecule has 22 heavy (non-hydrogen) atoms.